The first kappa shape index (κ1) is 10.2. The summed E-state index contributed by atoms with van der Waals surface area (Å²) in [6.07, 6.45) is -0.310. The maximum Gasteiger partial charge on any atom is 0.428 e. The second-order valence-electron chi connectivity index (χ2n) is 1.89. The zero-order chi connectivity index (χ0) is 8.91. The van der Waals surface area contributed by atoms with Crippen molar-refractivity contribution in [1.29, 1.82) is 0 Å². The number of hydroxylamine groups is 1. The van der Waals surface area contributed by atoms with Crippen molar-refractivity contribution in [3.05, 3.63) is 0 Å². The van der Waals surface area contributed by atoms with Crippen LogP contribution in [0.25, 0.3) is 0 Å². The summed E-state index contributed by atoms with van der Waals surface area (Å²) in [5, 5.41) is 7.96. The van der Waals surface area contributed by atoms with Crippen LogP contribution in [0.5, 0.6) is 0 Å². The van der Waals surface area contributed by atoms with Gasteiger partial charge in [-0.3, -0.25) is 4.84 Å². The molecule has 0 aliphatic heterocycles. The third-order valence-electron chi connectivity index (χ3n) is 0.716. The third kappa shape index (κ3) is 9.18. The smallest absolute Gasteiger partial charge is 0.428 e. The Bertz CT molecular complexity index is 221. The summed E-state index contributed by atoms with van der Waals surface area (Å²) in [6, 6.07) is 0. The summed E-state index contributed by atoms with van der Waals surface area (Å²) in [5.74, 6) is -0.201. The molecule has 7 heteroatoms. The molecule has 0 aliphatic rings. The number of rotatable bonds is 4. The molecule has 2 N–H and O–H groups in total. The van der Waals surface area contributed by atoms with E-state index in [1.807, 2.05) is 0 Å². The van der Waals surface area contributed by atoms with Crippen LogP contribution in [-0.2, 0) is 14.7 Å². The van der Waals surface area contributed by atoms with E-state index in [1.54, 1.807) is 5.48 Å². The van der Waals surface area contributed by atoms with Crippen molar-refractivity contribution in [3.63, 3.8) is 0 Å². The fraction of sp³-hybridized carbons (Fsp3) is 0.750. The summed E-state index contributed by atoms with van der Waals surface area (Å²) < 4.78 is 20.8. The van der Waals surface area contributed by atoms with Crippen LogP contribution in [0.3, 0.4) is 0 Å². The van der Waals surface area contributed by atoms with E-state index in [-0.39, 0.29) is 12.4 Å². The number of carbonyl (C=O) groups is 1. The van der Waals surface area contributed by atoms with Gasteiger partial charge in [-0.25, -0.2) is 13.2 Å². The zero-order valence-electron chi connectivity index (χ0n) is 5.90. The molecule has 0 radical (unpaired) electrons. The highest BCUT2D eigenvalue weighted by Crippen LogP contribution is 1.81. The molecule has 0 rings (SSSR count). The summed E-state index contributed by atoms with van der Waals surface area (Å²) in [7, 11) is -3.08. The molecule has 0 saturated heterocycles. The van der Waals surface area contributed by atoms with Crippen LogP contribution in [0.2, 0.25) is 0 Å². The quantitative estimate of drug-likeness (QED) is 0.441. The average molecular weight is 183 g/mol. The largest absolute Gasteiger partial charge is 0.464 e. The van der Waals surface area contributed by atoms with E-state index < -0.39 is 15.9 Å². The summed E-state index contributed by atoms with van der Waals surface area (Å²) >= 11 is 0. The van der Waals surface area contributed by atoms with Gasteiger partial charge in [-0.05, 0) is 0 Å². The Morgan fingerprint density at radius 1 is 1.64 bits per heavy atom. The lowest BCUT2D eigenvalue weighted by Gasteiger charge is -1.99. The molecular weight excluding hydrogens is 174 g/mol. The van der Waals surface area contributed by atoms with Gasteiger partial charge in [0.25, 0.3) is 0 Å². The highest BCUT2D eigenvalue weighted by Gasteiger charge is 2.01. The highest BCUT2D eigenvalue weighted by atomic mass is 32.2. The van der Waals surface area contributed by atoms with E-state index >= 15 is 0 Å². The van der Waals surface area contributed by atoms with Gasteiger partial charge in [-0.1, -0.05) is 0 Å². The molecule has 0 saturated carbocycles. The van der Waals surface area contributed by atoms with Gasteiger partial charge in [0, 0.05) is 6.26 Å². The lowest BCUT2D eigenvalue weighted by atomic mass is 10.9. The number of hydrogen-bond acceptors (Lipinski definition) is 4. The van der Waals surface area contributed by atoms with Crippen molar-refractivity contribution < 1.29 is 23.2 Å². The predicted octanol–water partition coefficient (Wildman–Crippen LogP) is -0.770. The molecule has 0 aromatic rings. The van der Waals surface area contributed by atoms with Crippen LogP contribution >= 0.6 is 0 Å². The second kappa shape index (κ2) is 4.14. The van der Waals surface area contributed by atoms with Crippen molar-refractivity contribution >= 4 is 15.9 Å². The minimum Gasteiger partial charge on any atom is -0.464 e. The predicted molar refractivity (Wildman–Crippen MR) is 36.8 cm³/mol. The van der Waals surface area contributed by atoms with Gasteiger partial charge >= 0.3 is 6.09 Å². The van der Waals surface area contributed by atoms with Crippen LogP contribution in [0.15, 0.2) is 0 Å². The Hall–Kier alpha value is -0.820. The maximum atomic E-state index is 10.4. The van der Waals surface area contributed by atoms with Gasteiger partial charge < -0.3 is 5.11 Å². The average Bonchev–Trinajstić information content (AvgIpc) is 1.78. The summed E-state index contributed by atoms with van der Waals surface area (Å²) in [6.45, 7) is -0.175. The highest BCUT2D eigenvalue weighted by molar-refractivity contribution is 7.90. The lowest BCUT2D eigenvalue weighted by molar-refractivity contribution is 0.0512. The maximum absolute atomic E-state index is 10.4. The van der Waals surface area contributed by atoms with Crippen LogP contribution in [0.4, 0.5) is 4.79 Å². The SMILES string of the molecule is CS(=O)(=O)CCONC(=O)O. The summed E-state index contributed by atoms with van der Waals surface area (Å²) in [5.41, 5.74) is 1.57. The van der Waals surface area contributed by atoms with Gasteiger partial charge in [-0.2, -0.15) is 5.48 Å². The van der Waals surface area contributed by atoms with E-state index in [0.717, 1.165) is 6.26 Å². The summed E-state index contributed by atoms with van der Waals surface area (Å²) in [4.78, 5) is 14.0. The minimum absolute atomic E-state index is 0.175. The molecule has 0 spiro atoms. The second-order valence-corrected chi connectivity index (χ2v) is 4.15. The van der Waals surface area contributed by atoms with Crippen molar-refractivity contribution in [2.45, 2.75) is 0 Å². The Morgan fingerprint density at radius 3 is 2.55 bits per heavy atom. The lowest BCUT2D eigenvalue weighted by Crippen LogP contribution is -2.24. The van der Waals surface area contributed by atoms with Gasteiger partial charge in [-0.15, -0.1) is 0 Å². The zero-order valence-corrected chi connectivity index (χ0v) is 6.72. The number of sulfone groups is 1. The first-order chi connectivity index (χ1) is 4.92. The fourth-order valence-electron chi connectivity index (χ4n) is 0.306. The van der Waals surface area contributed by atoms with E-state index in [1.165, 1.54) is 0 Å². The number of carboxylic acid groups (broad SMARTS) is 1. The standard InChI is InChI=1S/C4H9NO5S/c1-11(8,9)3-2-10-5-4(6)7/h5H,2-3H2,1H3,(H,6,7). The number of nitrogens with one attached hydrogen (secondary N) is 1. The molecule has 11 heavy (non-hydrogen) atoms. The monoisotopic (exact) mass is 183 g/mol. The van der Waals surface area contributed by atoms with Crippen LogP contribution < -0.4 is 5.48 Å². The van der Waals surface area contributed by atoms with Crippen molar-refractivity contribution in [2.75, 3.05) is 18.6 Å². The number of hydrogen-bond donors (Lipinski definition) is 2. The Labute approximate surface area is 64.0 Å². The van der Waals surface area contributed by atoms with Gasteiger partial charge in [0.05, 0.1) is 12.4 Å². The van der Waals surface area contributed by atoms with Gasteiger partial charge in [0.2, 0.25) is 0 Å². The van der Waals surface area contributed by atoms with Gasteiger partial charge in [0.15, 0.2) is 0 Å². The van der Waals surface area contributed by atoms with E-state index in [2.05, 4.69) is 4.84 Å². The molecule has 0 aliphatic carbocycles. The van der Waals surface area contributed by atoms with Crippen molar-refractivity contribution in [1.82, 2.24) is 5.48 Å². The normalized spacial score (nSPS) is 11.0. The molecule has 1 amide bonds. The molecule has 0 unspecified atom stereocenters. The molecule has 0 aromatic heterocycles. The molecule has 0 aromatic carbocycles. The van der Waals surface area contributed by atoms with Crippen LogP contribution in [0, 0.1) is 0 Å². The minimum atomic E-state index is -3.08. The fourth-order valence-corrected chi connectivity index (χ4v) is 0.692. The molecule has 0 bridgehead atoms. The first-order valence-electron chi connectivity index (χ1n) is 2.70. The topological polar surface area (TPSA) is 92.7 Å². The Balaban J connectivity index is 3.37. The molecule has 66 valence electrons. The van der Waals surface area contributed by atoms with E-state index in [9.17, 15) is 13.2 Å². The van der Waals surface area contributed by atoms with E-state index in [0.29, 0.717) is 0 Å². The van der Waals surface area contributed by atoms with Crippen LogP contribution in [0.1, 0.15) is 0 Å². The third-order valence-corrected chi connectivity index (χ3v) is 1.62. The molecule has 6 nitrogen and oxygen atoms in total. The van der Waals surface area contributed by atoms with E-state index in [4.69, 9.17) is 5.11 Å². The van der Waals surface area contributed by atoms with Crippen molar-refractivity contribution in [2.24, 2.45) is 0 Å². The molecule has 0 fully saturated rings. The van der Waals surface area contributed by atoms with Gasteiger partial charge in [0.1, 0.15) is 9.84 Å². The Kier molecular flexibility index (Phi) is 3.83. The first-order valence-corrected chi connectivity index (χ1v) is 4.76. The van der Waals surface area contributed by atoms with Crippen molar-refractivity contribution in [3.8, 4) is 0 Å². The molecular formula is C4H9NO5S. The Morgan fingerprint density at radius 2 is 2.18 bits per heavy atom. The number of amides is 1. The molecule has 0 atom stereocenters. The molecule has 0 heterocycles. The van der Waals surface area contributed by atoms with Crippen LogP contribution in [-0.4, -0.2) is 38.2 Å².